The molecule has 10 heteroatoms. The molecular weight excluding hydrogens is 511 g/mol. The number of nitrogens with zero attached hydrogens (tertiary/aromatic N) is 5. The minimum Gasteiger partial charge on any atom is -0.493 e. The Kier molecular flexibility index (Phi) is 7.46. The third-order valence-corrected chi connectivity index (χ3v) is 6.89. The number of amides is 1. The fourth-order valence-corrected chi connectivity index (χ4v) is 4.79. The van der Waals surface area contributed by atoms with Gasteiger partial charge < -0.3 is 25.0 Å². The molecule has 40 heavy (non-hydrogen) atoms. The smallest absolute Gasteiger partial charge is 0.246 e. The molecule has 1 atom stereocenters. The number of nitrogens with two attached hydrogens (primary N) is 1. The van der Waals surface area contributed by atoms with Gasteiger partial charge >= 0.3 is 0 Å². The zero-order valence-corrected chi connectivity index (χ0v) is 22.0. The van der Waals surface area contributed by atoms with Crippen molar-refractivity contribution in [1.29, 1.82) is 5.26 Å². The lowest BCUT2D eigenvalue weighted by Crippen LogP contribution is -2.50. The summed E-state index contributed by atoms with van der Waals surface area (Å²) in [5.41, 5.74) is 8.64. The van der Waals surface area contributed by atoms with Gasteiger partial charge in [-0.25, -0.2) is 9.37 Å². The first-order valence-electron chi connectivity index (χ1n) is 12.6. The monoisotopic (exact) mass is 538 g/mol. The van der Waals surface area contributed by atoms with Crippen molar-refractivity contribution in [1.82, 2.24) is 14.9 Å². The van der Waals surface area contributed by atoms with E-state index >= 15 is 4.39 Å². The number of fused-ring (bicyclic) bond motifs is 1. The van der Waals surface area contributed by atoms with Gasteiger partial charge in [-0.05, 0) is 35.4 Å². The maximum Gasteiger partial charge on any atom is 0.246 e. The van der Waals surface area contributed by atoms with Gasteiger partial charge in [0, 0.05) is 31.1 Å². The molecule has 0 spiro atoms. The fourth-order valence-electron chi connectivity index (χ4n) is 4.79. The Balaban J connectivity index is 1.47. The molecule has 2 N–H and O–H groups in total. The van der Waals surface area contributed by atoms with Crippen LogP contribution in [0.25, 0.3) is 17.0 Å². The first-order valence-corrected chi connectivity index (χ1v) is 12.6. The summed E-state index contributed by atoms with van der Waals surface area (Å²) in [6, 6.07) is 20.0. The van der Waals surface area contributed by atoms with Crippen LogP contribution in [0.4, 0.5) is 16.2 Å². The van der Waals surface area contributed by atoms with Crippen molar-refractivity contribution in [2.45, 2.75) is 6.04 Å². The molecule has 0 bridgehead atoms. The summed E-state index contributed by atoms with van der Waals surface area (Å²) in [6.45, 7) is 1.15. The highest BCUT2D eigenvalue weighted by molar-refractivity contribution is 5.93. The van der Waals surface area contributed by atoms with Gasteiger partial charge in [0.15, 0.2) is 17.3 Å². The van der Waals surface area contributed by atoms with Crippen LogP contribution in [0.3, 0.4) is 0 Å². The molecule has 0 saturated carbocycles. The molecular formula is C30H27FN6O3. The van der Waals surface area contributed by atoms with Crippen LogP contribution in [0.5, 0.6) is 11.5 Å². The fraction of sp³-hybridized carbons (Fsp3) is 0.200. The lowest BCUT2D eigenvalue weighted by atomic mass is 10.0. The molecule has 0 radical (unpaired) electrons. The third kappa shape index (κ3) is 5.09. The van der Waals surface area contributed by atoms with Crippen LogP contribution in [0.2, 0.25) is 0 Å². The van der Waals surface area contributed by atoms with Crippen LogP contribution in [0, 0.1) is 17.1 Å². The van der Waals surface area contributed by atoms with Gasteiger partial charge in [0.2, 0.25) is 11.9 Å². The lowest BCUT2D eigenvalue weighted by Gasteiger charge is -2.41. The van der Waals surface area contributed by atoms with Gasteiger partial charge in [-0.1, -0.05) is 42.5 Å². The average molecular weight is 539 g/mol. The average Bonchev–Trinajstić information content (AvgIpc) is 3.00. The van der Waals surface area contributed by atoms with Crippen LogP contribution in [-0.4, -0.2) is 54.6 Å². The van der Waals surface area contributed by atoms with Crippen molar-refractivity contribution in [2.24, 2.45) is 0 Å². The van der Waals surface area contributed by atoms with Gasteiger partial charge in [0.1, 0.15) is 11.3 Å². The van der Waals surface area contributed by atoms with Crippen molar-refractivity contribution < 1.29 is 18.7 Å². The van der Waals surface area contributed by atoms with E-state index in [1.54, 1.807) is 41.3 Å². The van der Waals surface area contributed by atoms with Gasteiger partial charge in [0.05, 0.1) is 31.9 Å². The van der Waals surface area contributed by atoms with Crippen LogP contribution in [0.1, 0.15) is 22.7 Å². The minimum atomic E-state index is -0.690. The van der Waals surface area contributed by atoms with E-state index < -0.39 is 5.82 Å². The molecule has 1 aliphatic heterocycles. The van der Waals surface area contributed by atoms with E-state index in [-0.39, 0.29) is 40.7 Å². The molecule has 1 saturated heterocycles. The predicted molar refractivity (Wildman–Crippen MR) is 150 cm³/mol. The van der Waals surface area contributed by atoms with Gasteiger partial charge in [-0.15, -0.1) is 0 Å². The molecule has 1 amide bonds. The number of methoxy groups -OCH3 is 2. The summed E-state index contributed by atoms with van der Waals surface area (Å²) in [5, 5.41) is 9.30. The van der Waals surface area contributed by atoms with E-state index in [0.717, 1.165) is 11.1 Å². The SMILES string of the molecule is COc1cc2c(N)nc(N3CCN(C(=O)/C=C/c4ccc(C#N)cc4)CC3c3ccccc3)nc2c(F)c1OC. The standard InChI is InChI=1S/C30H27FN6O3/c1-39-24-16-22-27(26(31)28(24)40-2)34-30(35-29(22)33)37-15-14-36(18-23(37)21-6-4-3-5-7-21)25(38)13-12-19-8-10-20(17-32)11-9-19/h3-13,16,23H,14-15,18H2,1-2H3,(H2,33,34,35)/b13-12+. The molecule has 2 heterocycles. The number of anilines is 2. The highest BCUT2D eigenvalue weighted by Gasteiger charge is 2.32. The summed E-state index contributed by atoms with van der Waals surface area (Å²) in [5.74, 6) is -0.347. The Morgan fingerprint density at radius 1 is 1.10 bits per heavy atom. The van der Waals surface area contributed by atoms with Crippen LogP contribution in [0.15, 0.2) is 66.7 Å². The number of nitrogen functional groups attached to an aromatic ring is 1. The number of ether oxygens (including phenoxy) is 2. The number of carbonyl (C=O) groups excluding carboxylic acids is 1. The van der Waals surface area contributed by atoms with Crippen molar-refractivity contribution >= 4 is 34.7 Å². The van der Waals surface area contributed by atoms with Gasteiger partial charge in [0.25, 0.3) is 0 Å². The molecule has 1 fully saturated rings. The highest BCUT2D eigenvalue weighted by Crippen LogP contribution is 2.38. The summed E-state index contributed by atoms with van der Waals surface area (Å²) in [7, 11) is 2.77. The number of rotatable bonds is 6. The molecule has 4 aromatic rings. The van der Waals surface area contributed by atoms with E-state index in [2.05, 4.69) is 16.0 Å². The zero-order valence-electron chi connectivity index (χ0n) is 22.0. The first kappa shape index (κ1) is 26.4. The topological polar surface area (TPSA) is 118 Å². The second-order valence-corrected chi connectivity index (χ2v) is 9.20. The number of benzene rings is 3. The molecule has 1 unspecified atom stereocenters. The number of hydrogen-bond acceptors (Lipinski definition) is 8. The molecule has 5 rings (SSSR count). The predicted octanol–water partition coefficient (Wildman–Crippen LogP) is 4.34. The van der Waals surface area contributed by atoms with Crippen molar-refractivity contribution in [3.63, 3.8) is 0 Å². The molecule has 9 nitrogen and oxygen atoms in total. The van der Waals surface area contributed by atoms with Crippen molar-refractivity contribution in [3.05, 3.63) is 89.2 Å². The van der Waals surface area contributed by atoms with Gasteiger partial charge in [-0.2, -0.15) is 10.2 Å². The Morgan fingerprint density at radius 2 is 1.85 bits per heavy atom. The second kappa shape index (κ2) is 11.3. The molecule has 1 aliphatic rings. The number of carbonyl (C=O) groups is 1. The van der Waals surface area contributed by atoms with Gasteiger partial charge in [-0.3, -0.25) is 4.79 Å². The minimum absolute atomic E-state index is 0.0239. The lowest BCUT2D eigenvalue weighted by molar-refractivity contribution is -0.126. The number of aromatic nitrogens is 2. The van der Waals surface area contributed by atoms with Crippen molar-refractivity contribution in [2.75, 3.05) is 44.5 Å². The Morgan fingerprint density at radius 3 is 2.52 bits per heavy atom. The van der Waals surface area contributed by atoms with E-state index in [0.29, 0.717) is 30.6 Å². The number of halogens is 1. The Hall–Kier alpha value is -5.17. The normalized spacial score (nSPS) is 15.3. The van der Waals surface area contributed by atoms with E-state index in [9.17, 15) is 4.79 Å². The van der Waals surface area contributed by atoms with Crippen LogP contribution < -0.4 is 20.1 Å². The summed E-state index contributed by atoms with van der Waals surface area (Å²) < 4.78 is 25.9. The molecule has 1 aromatic heterocycles. The summed E-state index contributed by atoms with van der Waals surface area (Å²) >= 11 is 0. The number of piperazine rings is 1. The van der Waals surface area contributed by atoms with Crippen molar-refractivity contribution in [3.8, 4) is 17.6 Å². The second-order valence-electron chi connectivity index (χ2n) is 9.20. The Labute approximate surface area is 230 Å². The molecule has 202 valence electrons. The van der Waals surface area contributed by atoms with Crippen LogP contribution in [-0.2, 0) is 4.79 Å². The Bertz CT molecular complexity index is 1620. The maximum atomic E-state index is 15.5. The van der Waals surface area contributed by atoms with E-state index in [1.807, 2.05) is 35.2 Å². The summed E-state index contributed by atoms with van der Waals surface area (Å²) in [6.07, 6.45) is 3.25. The quantitative estimate of drug-likeness (QED) is 0.360. The van der Waals surface area contributed by atoms with Crippen LogP contribution >= 0.6 is 0 Å². The molecule has 3 aromatic carbocycles. The van der Waals surface area contributed by atoms with E-state index in [4.69, 9.17) is 20.5 Å². The largest absolute Gasteiger partial charge is 0.493 e. The number of nitriles is 1. The third-order valence-electron chi connectivity index (χ3n) is 6.89. The molecule has 0 aliphatic carbocycles. The maximum absolute atomic E-state index is 15.5. The van der Waals surface area contributed by atoms with E-state index in [1.165, 1.54) is 20.3 Å². The summed E-state index contributed by atoms with van der Waals surface area (Å²) in [4.78, 5) is 25.9. The highest BCUT2D eigenvalue weighted by atomic mass is 19.1. The first-order chi connectivity index (χ1) is 19.4. The zero-order chi connectivity index (χ0) is 28.2. The number of hydrogen-bond donors (Lipinski definition) is 1.